The summed E-state index contributed by atoms with van der Waals surface area (Å²) < 4.78 is 48.0. The molecule has 4 aromatic carbocycles. The molecule has 0 aliphatic carbocycles. The molecule has 0 aliphatic rings. The molecular formula is C74H55Br6Cl8F3N20O8. The molecule has 0 bridgehead atoms. The molecule has 0 saturated heterocycles. The Bertz CT molecular complexity index is 5580. The van der Waals surface area contributed by atoms with Crippen molar-refractivity contribution >= 4 is 258 Å². The van der Waals surface area contributed by atoms with Crippen molar-refractivity contribution < 1.29 is 51.5 Å². The summed E-state index contributed by atoms with van der Waals surface area (Å²) in [6.45, 7) is 1.65. The minimum absolute atomic E-state index is 0.00155. The highest BCUT2D eigenvalue weighted by Crippen LogP contribution is 2.38. The number of anilines is 4. The predicted octanol–water partition coefficient (Wildman–Crippen LogP) is 20.0. The quantitative estimate of drug-likeness (QED) is 0.0698. The van der Waals surface area contributed by atoms with Gasteiger partial charge in [0.2, 0.25) is 0 Å². The molecule has 4 N–H and O–H groups in total. The first-order chi connectivity index (χ1) is 55.9. The molecule has 0 saturated carbocycles. The second kappa shape index (κ2) is 40.6. The van der Waals surface area contributed by atoms with E-state index in [1.807, 2.05) is 0 Å². The summed E-state index contributed by atoms with van der Waals surface area (Å²) in [5, 5.41) is 28.1. The zero-order valence-corrected chi connectivity index (χ0v) is 77.8. The molecule has 8 heterocycles. The van der Waals surface area contributed by atoms with Gasteiger partial charge in [-0.05, 0) is 157 Å². The fourth-order valence-electron chi connectivity index (χ4n) is 10.4. The van der Waals surface area contributed by atoms with Crippen LogP contribution < -0.4 is 21.3 Å². The molecule has 0 radical (unpaired) electrons. The van der Waals surface area contributed by atoms with Gasteiger partial charge in [-0.3, -0.25) is 38.4 Å². The van der Waals surface area contributed by atoms with Crippen LogP contribution in [-0.4, -0.2) is 182 Å². The Hall–Kier alpha value is -8.93. The van der Waals surface area contributed by atoms with E-state index in [2.05, 4.69) is 157 Å². The van der Waals surface area contributed by atoms with Crippen molar-refractivity contribution in [3.8, 4) is 23.3 Å². The van der Waals surface area contributed by atoms with Gasteiger partial charge in [0.15, 0.2) is 39.3 Å². The van der Waals surface area contributed by atoms with Crippen LogP contribution in [0, 0.1) is 6.92 Å². The Morgan fingerprint density at radius 3 is 1.02 bits per heavy atom. The lowest BCUT2D eigenvalue weighted by Crippen LogP contribution is -2.25. The molecule has 8 aromatic heterocycles. The van der Waals surface area contributed by atoms with Crippen molar-refractivity contribution in [2.75, 3.05) is 77.6 Å². The predicted molar refractivity (Wildman–Crippen MR) is 471 cm³/mol. The molecule has 618 valence electrons. The largest absolute Gasteiger partial charge is 0.435 e. The highest BCUT2D eigenvalue weighted by Gasteiger charge is 2.38. The number of hydrogen-bond donors (Lipinski definition) is 4. The Balaban J connectivity index is 0.000000181. The third-order valence-electron chi connectivity index (χ3n) is 15.7. The molecule has 0 atom stereocenters. The number of nitrogens with one attached hydrogen (secondary N) is 4. The molecule has 119 heavy (non-hydrogen) atoms. The summed E-state index contributed by atoms with van der Waals surface area (Å²) in [7, 11) is 12.7. The third-order valence-corrected chi connectivity index (χ3v) is 20.8. The van der Waals surface area contributed by atoms with E-state index in [0.29, 0.717) is 77.0 Å². The lowest BCUT2D eigenvalue weighted by molar-refractivity contribution is -0.141. The Morgan fingerprint density at radius 2 is 0.664 bits per heavy atom. The second-order valence-electron chi connectivity index (χ2n) is 25.0. The number of rotatable bonds is 16. The lowest BCUT2D eigenvalue weighted by atomic mass is 10.1. The number of aryl methyl sites for hydroxylation is 1. The minimum atomic E-state index is -4.80. The smallest absolute Gasteiger partial charge is 0.345 e. The molecule has 12 rings (SSSR count). The maximum Gasteiger partial charge on any atom is 0.435 e. The van der Waals surface area contributed by atoms with Crippen molar-refractivity contribution in [2.24, 2.45) is 0 Å². The van der Waals surface area contributed by atoms with Gasteiger partial charge in [0, 0.05) is 133 Å². The van der Waals surface area contributed by atoms with Crippen LogP contribution in [0.2, 0.25) is 40.4 Å². The summed E-state index contributed by atoms with van der Waals surface area (Å²) in [5.74, 6) is -3.25. The Morgan fingerprint density at radius 1 is 0.361 bits per heavy atom. The Kier molecular flexibility index (Phi) is 32.1. The van der Waals surface area contributed by atoms with Crippen LogP contribution in [0.15, 0.2) is 173 Å². The van der Waals surface area contributed by atoms with E-state index >= 15 is 0 Å². The van der Waals surface area contributed by atoms with Crippen molar-refractivity contribution in [1.29, 1.82) is 0 Å². The second-order valence-corrected chi connectivity index (χ2v) is 33.6. The summed E-state index contributed by atoms with van der Waals surface area (Å²) in [5.41, 5.74) is 0.960. The number of aromatic nitrogens is 12. The fourth-order valence-corrected chi connectivity index (χ4v) is 15.7. The number of halogens is 17. The standard InChI is InChI=1S/C20H16BrClF3N5O2.C18H13Br3ClN5O2.C18H13Br2Cl2N5O2.C18H13Cl4N5O2/c1-10-7-11(21)8-12(19(32)29(2)3)16(10)27-18(31)14-9-15(20(23,24)25)28-30(14)17-13(22)5-4-6-26-17;1-26(2)18(29)10-6-9(19)7-11(20)15(10)24-17(28)13-8-14(21)25-27(13)16-12(22)4-3-5-23-16;1-26(2)18(29)10-6-9(19)7-11(20)15(10)24-17(28)13-8-14(22)25-27(13)16-12(21)4-3-5-23-16;1-26(2)18(29)10-6-9(19)7-12(21)15(10)24-17(28)13-8-14(22)25-27(13)16-11(20)4-3-5-23-16/h4-9H,1-3H3,(H,27,31);3*3-8H,1-2H3,(H,24,28). The number of pyridine rings is 4. The zero-order chi connectivity index (χ0) is 87.7. The van der Waals surface area contributed by atoms with Crippen LogP contribution in [0.4, 0.5) is 35.9 Å². The SMILES string of the molecule is CN(C)C(=O)c1cc(Br)cc(Br)c1NC(=O)c1cc(Br)nn1-c1ncccc1Cl.CN(C)C(=O)c1cc(Br)cc(Br)c1NC(=O)c1cc(Cl)nn1-c1ncccc1Cl.CN(C)C(=O)c1cc(Cl)cc(Cl)c1NC(=O)c1cc(Cl)nn1-c1ncccc1Cl.Cc1cc(Br)cc(C(=O)N(C)C)c1NC(=O)c1cc(C(F)(F)F)nn1-c1ncccc1Cl. The normalized spacial score (nSPS) is 10.9. The molecule has 0 aliphatic heterocycles. The lowest BCUT2D eigenvalue weighted by Gasteiger charge is -2.17. The van der Waals surface area contributed by atoms with Crippen LogP contribution in [0.25, 0.3) is 23.3 Å². The number of nitrogens with zero attached hydrogens (tertiary/aromatic N) is 16. The van der Waals surface area contributed by atoms with Gasteiger partial charge in [-0.2, -0.15) is 33.6 Å². The molecule has 45 heteroatoms. The van der Waals surface area contributed by atoms with Gasteiger partial charge < -0.3 is 40.9 Å². The molecule has 0 spiro atoms. The van der Waals surface area contributed by atoms with Gasteiger partial charge in [-0.15, -0.1) is 0 Å². The Labute approximate surface area is 765 Å². The number of alkyl halides is 3. The van der Waals surface area contributed by atoms with Gasteiger partial charge in [-0.1, -0.05) is 141 Å². The van der Waals surface area contributed by atoms with Crippen molar-refractivity contribution in [2.45, 2.75) is 13.1 Å². The van der Waals surface area contributed by atoms with Crippen LogP contribution >= 0.6 is 188 Å². The average molecular weight is 2170 g/mol. The maximum atomic E-state index is 13.3. The van der Waals surface area contributed by atoms with Crippen LogP contribution in [0.5, 0.6) is 0 Å². The number of hydrogen-bond acceptors (Lipinski definition) is 16. The number of carbonyl (C=O) groups excluding carboxylic acids is 8. The van der Waals surface area contributed by atoms with Crippen molar-refractivity contribution in [1.82, 2.24) is 78.7 Å². The first kappa shape index (κ1) is 93.9. The molecule has 12 aromatic rings. The molecule has 28 nitrogen and oxygen atoms in total. The topological polar surface area (TPSA) is 320 Å². The van der Waals surface area contributed by atoms with E-state index in [0.717, 1.165) is 4.68 Å². The van der Waals surface area contributed by atoms with Gasteiger partial charge >= 0.3 is 6.18 Å². The first-order valence-corrected chi connectivity index (χ1v) is 41.0. The van der Waals surface area contributed by atoms with Crippen molar-refractivity contribution in [3.63, 3.8) is 0 Å². The van der Waals surface area contributed by atoms with E-state index < -0.39 is 47.1 Å². The summed E-state index contributed by atoms with van der Waals surface area (Å²) in [6.07, 6.45) is 1.09. The van der Waals surface area contributed by atoms with E-state index in [4.69, 9.17) is 92.8 Å². The first-order valence-electron chi connectivity index (χ1n) is 33.2. The summed E-state index contributed by atoms with van der Waals surface area (Å²) in [6, 6.07) is 30.4. The molecule has 0 fully saturated rings. The van der Waals surface area contributed by atoms with Gasteiger partial charge in [0.05, 0.1) is 70.1 Å². The highest BCUT2D eigenvalue weighted by molar-refractivity contribution is 9.11. The average Bonchev–Trinajstić information content (AvgIpc) is 1.81. The maximum absolute atomic E-state index is 13.3. The molecule has 8 amide bonds. The third kappa shape index (κ3) is 23.0. The number of amides is 8. The highest BCUT2D eigenvalue weighted by atomic mass is 79.9. The number of carbonyl (C=O) groups is 8. The number of benzene rings is 4. The van der Waals surface area contributed by atoms with Crippen LogP contribution in [0.1, 0.15) is 94.6 Å². The van der Waals surface area contributed by atoms with Gasteiger partial charge in [0.1, 0.15) is 27.4 Å². The summed E-state index contributed by atoms with van der Waals surface area (Å²) >= 11 is 69.1. The molecule has 0 unspecified atom stereocenters. The van der Waals surface area contributed by atoms with E-state index in [9.17, 15) is 51.5 Å². The van der Waals surface area contributed by atoms with Gasteiger partial charge in [0.25, 0.3) is 47.3 Å². The zero-order valence-electron chi connectivity index (χ0n) is 62.2. The van der Waals surface area contributed by atoms with Crippen LogP contribution in [0.3, 0.4) is 0 Å². The van der Waals surface area contributed by atoms with E-state index in [-0.39, 0.29) is 105 Å². The minimum Gasteiger partial charge on any atom is -0.345 e. The van der Waals surface area contributed by atoms with E-state index in [1.54, 1.807) is 128 Å². The van der Waals surface area contributed by atoms with E-state index in [1.165, 1.54) is 109 Å². The summed E-state index contributed by atoms with van der Waals surface area (Å²) in [4.78, 5) is 125. The molecular weight excluding hydrogens is 2120 g/mol. The van der Waals surface area contributed by atoms with Crippen LogP contribution in [-0.2, 0) is 6.18 Å². The van der Waals surface area contributed by atoms with Gasteiger partial charge in [-0.25, -0.2) is 38.7 Å². The van der Waals surface area contributed by atoms with Crippen molar-refractivity contribution in [3.05, 3.63) is 270 Å². The monoisotopic (exact) mass is 2160 g/mol. The fraction of sp³-hybridized carbons (Fsp3) is 0.135.